The molecule has 1 heterocycles. The number of anilines is 1. The number of rotatable bonds is 7. The second-order valence-corrected chi connectivity index (χ2v) is 8.15. The van der Waals surface area contributed by atoms with Crippen LogP contribution in [-0.4, -0.2) is 38.3 Å². The summed E-state index contributed by atoms with van der Waals surface area (Å²) in [4.78, 5) is 12.6. The van der Waals surface area contributed by atoms with Gasteiger partial charge in [-0.25, -0.2) is 8.42 Å². The van der Waals surface area contributed by atoms with Gasteiger partial charge in [-0.15, -0.1) is 0 Å². The summed E-state index contributed by atoms with van der Waals surface area (Å²) in [6.45, 7) is 5.11. The third-order valence-corrected chi connectivity index (χ3v) is 6.21. The van der Waals surface area contributed by atoms with Gasteiger partial charge in [0.2, 0.25) is 10.0 Å². The molecule has 2 aromatic rings. The second kappa shape index (κ2) is 8.37. The van der Waals surface area contributed by atoms with Crippen LogP contribution in [0.2, 0.25) is 0 Å². The Morgan fingerprint density at radius 1 is 1.07 bits per heavy atom. The molecule has 0 aromatic heterocycles. The molecule has 27 heavy (non-hydrogen) atoms. The number of ether oxygens (including phenoxy) is 1. The summed E-state index contributed by atoms with van der Waals surface area (Å²) in [5.41, 5.74) is 1.02. The zero-order valence-electron chi connectivity index (χ0n) is 14.9. The number of sulfonamides is 1. The van der Waals surface area contributed by atoms with Crippen molar-refractivity contribution in [3.8, 4) is 5.75 Å². The Labute approximate surface area is 159 Å². The predicted octanol–water partition coefficient (Wildman–Crippen LogP) is 3.29. The molecular weight excluding hydrogens is 364 g/mol. The van der Waals surface area contributed by atoms with Crippen LogP contribution in [0, 0.1) is 0 Å². The number of hydrogen-bond acceptors (Lipinski definition) is 4. The van der Waals surface area contributed by atoms with Gasteiger partial charge in [-0.05, 0) is 61.4 Å². The molecule has 0 saturated carbocycles. The van der Waals surface area contributed by atoms with Crippen LogP contribution in [0.4, 0.5) is 5.69 Å². The first-order chi connectivity index (χ1) is 13.0. The Balaban J connectivity index is 1.65. The molecule has 0 radical (unpaired) electrons. The quantitative estimate of drug-likeness (QED) is 0.741. The minimum Gasteiger partial charge on any atom is -0.490 e. The van der Waals surface area contributed by atoms with E-state index in [0.29, 0.717) is 36.7 Å². The van der Waals surface area contributed by atoms with Crippen molar-refractivity contribution in [2.45, 2.75) is 17.7 Å². The van der Waals surface area contributed by atoms with Crippen molar-refractivity contribution < 1.29 is 17.9 Å². The average molecular weight is 386 g/mol. The lowest BCUT2D eigenvalue weighted by Crippen LogP contribution is -2.27. The minimum atomic E-state index is -3.45. The molecule has 2 aromatic carbocycles. The number of nitrogens with one attached hydrogen (secondary N) is 1. The number of carbonyl (C=O) groups is 1. The van der Waals surface area contributed by atoms with E-state index in [1.807, 2.05) is 0 Å². The molecule has 3 rings (SSSR count). The topological polar surface area (TPSA) is 75.7 Å². The highest BCUT2D eigenvalue weighted by Gasteiger charge is 2.26. The van der Waals surface area contributed by atoms with E-state index in [1.54, 1.807) is 42.5 Å². The van der Waals surface area contributed by atoms with Crippen molar-refractivity contribution in [1.29, 1.82) is 0 Å². The van der Waals surface area contributed by atoms with Gasteiger partial charge in [0.1, 0.15) is 12.4 Å². The highest BCUT2D eigenvalue weighted by atomic mass is 32.2. The fourth-order valence-corrected chi connectivity index (χ4v) is 4.37. The van der Waals surface area contributed by atoms with Gasteiger partial charge in [-0.3, -0.25) is 4.79 Å². The van der Waals surface area contributed by atoms with E-state index in [1.165, 1.54) is 16.4 Å². The molecule has 1 saturated heterocycles. The standard InChI is InChI=1S/C20H22N2O4S/c1-2-15-26-18-9-5-16(6-10-18)20(23)21-17-7-11-19(12-8-17)27(24,25)22-13-3-4-14-22/h2,5-12H,1,3-4,13-15H2,(H,21,23). The van der Waals surface area contributed by atoms with Crippen LogP contribution in [0.3, 0.4) is 0 Å². The van der Waals surface area contributed by atoms with Gasteiger partial charge in [0, 0.05) is 24.3 Å². The molecule has 1 N–H and O–H groups in total. The molecule has 0 atom stereocenters. The highest BCUT2D eigenvalue weighted by molar-refractivity contribution is 7.89. The number of nitrogens with zero attached hydrogens (tertiary/aromatic N) is 1. The summed E-state index contributed by atoms with van der Waals surface area (Å²) in [6.07, 6.45) is 3.43. The maximum atomic E-state index is 12.5. The molecule has 0 bridgehead atoms. The Kier molecular flexibility index (Phi) is 5.93. The van der Waals surface area contributed by atoms with E-state index in [2.05, 4.69) is 11.9 Å². The van der Waals surface area contributed by atoms with Gasteiger partial charge in [0.05, 0.1) is 4.90 Å². The van der Waals surface area contributed by atoms with Crippen LogP contribution in [0.15, 0.2) is 66.1 Å². The summed E-state index contributed by atoms with van der Waals surface area (Å²) in [5.74, 6) is 0.378. The van der Waals surface area contributed by atoms with Gasteiger partial charge >= 0.3 is 0 Å². The lowest BCUT2D eigenvalue weighted by molar-refractivity contribution is 0.102. The molecule has 142 valence electrons. The van der Waals surface area contributed by atoms with Gasteiger partial charge in [0.25, 0.3) is 5.91 Å². The maximum absolute atomic E-state index is 12.5. The average Bonchev–Trinajstić information content (AvgIpc) is 3.23. The Morgan fingerprint density at radius 3 is 2.30 bits per heavy atom. The maximum Gasteiger partial charge on any atom is 0.255 e. The van der Waals surface area contributed by atoms with E-state index in [9.17, 15) is 13.2 Å². The van der Waals surface area contributed by atoms with Gasteiger partial charge in [-0.1, -0.05) is 12.7 Å². The van der Waals surface area contributed by atoms with E-state index < -0.39 is 10.0 Å². The first-order valence-electron chi connectivity index (χ1n) is 8.76. The first-order valence-corrected chi connectivity index (χ1v) is 10.2. The van der Waals surface area contributed by atoms with Crippen molar-refractivity contribution in [2.75, 3.05) is 25.0 Å². The molecule has 1 amide bonds. The summed E-state index contributed by atoms with van der Waals surface area (Å²) in [6, 6.07) is 13.0. The molecule has 6 nitrogen and oxygen atoms in total. The first kappa shape index (κ1) is 19.1. The zero-order valence-corrected chi connectivity index (χ0v) is 15.7. The fourth-order valence-electron chi connectivity index (χ4n) is 2.85. The second-order valence-electron chi connectivity index (χ2n) is 6.21. The smallest absolute Gasteiger partial charge is 0.255 e. The molecule has 1 aliphatic heterocycles. The van der Waals surface area contributed by atoms with E-state index in [0.717, 1.165) is 12.8 Å². The third-order valence-electron chi connectivity index (χ3n) is 4.30. The lowest BCUT2D eigenvalue weighted by atomic mass is 10.2. The van der Waals surface area contributed by atoms with Crippen LogP contribution in [-0.2, 0) is 10.0 Å². The Hall–Kier alpha value is -2.64. The van der Waals surface area contributed by atoms with Crippen LogP contribution in [0.25, 0.3) is 0 Å². The fraction of sp³-hybridized carbons (Fsp3) is 0.250. The Bertz CT molecular complexity index is 900. The van der Waals surface area contributed by atoms with Gasteiger partial charge in [-0.2, -0.15) is 4.31 Å². The van der Waals surface area contributed by atoms with Crippen molar-refractivity contribution in [3.05, 3.63) is 66.7 Å². The SMILES string of the molecule is C=CCOc1ccc(C(=O)Nc2ccc(S(=O)(=O)N3CCCC3)cc2)cc1. The molecule has 0 unspecified atom stereocenters. The third kappa shape index (κ3) is 4.56. The summed E-state index contributed by atoms with van der Waals surface area (Å²) in [5, 5.41) is 2.76. The van der Waals surface area contributed by atoms with Gasteiger partial charge < -0.3 is 10.1 Å². The van der Waals surface area contributed by atoms with Crippen molar-refractivity contribution in [3.63, 3.8) is 0 Å². The number of hydrogen-bond donors (Lipinski definition) is 1. The van der Waals surface area contributed by atoms with Crippen LogP contribution in [0.1, 0.15) is 23.2 Å². The molecule has 0 aliphatic carbocycles. The number of carbonyl (C=O) groups excluding carboxylic acids is 1. The summed E-state index contributed by atoms with van der Waals surface area (Å²) >= 11 is 0. The molecular formula is C20H22N2O4S. The molecule has 0 spiro atoms. The lowest BCUT2D eigenvalue weighted by Gasteiger charge is -2.15. The predicted molar refractivity (Wildman–Crippen MR) is 105 cm³/mol. The summed E-state index contributed by atoms with van der Waals surface area (Å²) in [7, 11) is -3.45. The molecule has 7 heteroatoms. The monoisotopic (exact) mass is 386 g/mol. The van der Waals surface area contributed by atoms with E-state index >= 15 is 0 Å². The van der Waals surface area contributed by atoms with Crippen LogP contribution < -0.4 is 10.1 Å². The summed E-state index contributed by atoms with van der Waals surface area (Å²) < 4.78 is 31.9. The van der Waals surface area contributed by atoms with Gasteiger partial charge in [0.15, 0.2) is 0 Å². The highest BCUT2D eigenvalue weighted by Crippen LogP contribution is 2.22. The van der Waals surface area contributed by atoms with E-state index in [4.69, 9.17) is 4.74 Å². The van der Waals surface area contributed by atoms with Crippen molar-refractivity contribution in [1.82, 2.24) is 4.31 Å². The molecule has 1 aliphatic rings. The largest absolute Gasteiger partial charge is 0.490 e. The number of benzene rings is 2. The number of amides is 1. The van der Waals surface area contributed by atoms with Crippen molar-refractivity contribution >= 4 is 21.6 Å². The zero-order chi connectivity index (χ0) is 19.3. The van der Waals surface area contributed by atoms with Crippen LogP contribution in [0.5, 0.6) is 5.75 Å². The van der Waals surface area contributed by atoms with Crippen LogP contribution >= 0.6 is 0 Å². The molecule has 1 fully saturated rings. The normalized spacial score (nSPS) is 14.7. The van der Waals surface area contributed by atoms with Crippen molar-refractivity contribution in [2.24, 2.45) is 0 Å². The minimum absolute atomic E-state index is 0.242. The van der Waals surface area contributed by atoms with E-state index in [-0.39, 0.29) is 10.8 Å². The Morgan fingerprint density at radius 2 is 1.70 bits per heavy atom.